The average molecular weight is 391 g/mol. The molecule has 0 amide bonds. The van der Waals surface area contributed by atoms with Crippen molar-refractivity contribution in [3.05, 3.63) is 76.7 Å². The number of hydrogen-bond acceptors (Lipinski definition) is 6. The van der Waals surface area contributed by atoms with Gasteiger partial charge in [0.25, 0.3) is 5.56 Å². The van der Waals surface area contributed by atoms with Gasteiger partial charge in [-0.05, 0) is 12.1 Å². The number of nitrogens with zero attached hydrogens (tertiary/aromatic N) is 4. The van der Waals surface area contributed by atoms with Gasteiger partial charge in [-0.2, -0.15) is 0 Å². The molecule has 0 saturated heterocycles. The second-order valence-electron chi connectivity index (χ2n) is 5.89. The molecule has 27 heavy (non-hydrogen) atoms. The molecule has 5 aromatic rings. The van der Waals surface area contributed by atoms with Crippen molar-refractivity contribution in [1.29, 1.82) is 0 Å². The van der Waals surface area contributed by atoms with E-state index in [2.05, 4.69) is 20.2 Å². The van der Waals surface area contributed by atoms with Crippen LogP contribution in [0.5, 0.6) is 0 Å². The first-order valence-electron chi connectivity index (χ1n) is 8.29. The molecule has 0 aliphatic rings. The Hall–Kier alpha value is -2.97. The van der Waals surface area contributed by atoms with Crippen LogP contribution in [-0.2, 0) is 5.75 Å². The highest BCUT2D eigenvalue weighted by molar-refractivity contribution is 7.98. The first-order chi connectivity index (χ1) is 13.3. The molecule has 5 rings (SSSR count). The molecule has 3 heterocycles. The maximum atomic E-state index is 12.6. The number of aromatic amines is 1. The van der Waals surface area contributed by atoms with Gasteiger partial charge in [-0.1, -0.05) is 65.6 Å². The molecule has 0 saturated carbocycles. The van der Waals surface area contributed by atoms with Crippen molar-refractivity contribution in [2.45, 2.75) is 10.9 Å². The van der Waals surface area contributed by atoms with Gasteiger partial charge in [-0.25, -0.2) is 9.97 Å². The largest absolute Gasteiger partial charge is 0.269 e. The van der Waals surface area contributed by atoms with E-state index in [9.17, 15) is 4.79 Å². The SMILES string of the molecule is O=c1cc(CSc2n[nH]c(-c3ccccc3)n2)nc2sc3ccccc3n12. The molecule has 6 nitrogen and oxygen atoms in total. The molecule has 1 N–H and O–H groups in total. The lowest BCUT2D eigenvalue weighted by Gasteiger charge is -1.99. The number of fused-ring (bicyclic) bond motifs is 3. The fourth-order valence-corrected chi connectivity index (χ4v) is 4.61. The van der Waals surface area contributed by atoms with Crippen molar-refractivity contribution < 1.29 is 0 Å². The number of hydrogen-bond donors (Lipinski definition) is 1. The van der Waals surface area contributed by atoms with E-state index in [1.165, 1.54) is 23.1 Å². The molecular formula is C19H13N5OS2. The Bertz CT molecular complexity index is 1310. The summed E-state index contributed by atoms with van der Waals surface area (Å²) in [6, 6.07) is 19.3. The molecule has 132 valence electrons. The number of H-pyrrole nitrogens is 1. The van der Waals surface area contributed by atoms with Crippen molar-refractivity contribution in [3.8, 4) is 11.4 Å². The minimum Gasteiger partial charge on any atom is -0.269 e. The van der Waals surface area contributed by atoms with Gasteiger partial charge in [0.05, 0.1) is 15.9 Å². The third kappa shape index (κ3) is 3.02. The van der Waals surface area contributed by atoms with Crippen LogP contribution in [0.4, 0.5) is 0 Å². The maximum Gasteiger partial charge on any atom is 0.259 e. The third-order valence-corrected chi connectivity index (χ3v) is 6.01. The van der Waals surface area contributed by atoms with Crippen LogP contribution < -0.4 is 5.56 Å². The van der Waals surface area contributed by atoms with Gasteiger partial charge in [-0.3, -0.25) is 14.3 Å². The zero-order chi connectivity index (χ0) is 18.2. The van der Waals surface area contributed by atoms with Crippen LogP contribution in [0.3, 0.4) is 0 Å². The Morgan fingerprint density at radius 3 is 2.74 bits per heavy atom. The van der Waals surface area contributed by atoms with Crippen LogP contribution in [0, 0.1) is 0 Å². The first kappa shape index (κ1) is 16.2. The van der Waals surface area contributed by atoms with Crippen molar-refractivity contribution in [2.24, 2.45) is 0 Å². The zero-order valence-electron chi connectivity index (χ0n) is 14.0. The van der Waals surface area contributed by atoms with E-state index >= 15 is 0 Å². The predicted octanol–water partition coefficient (Wildman–Crippen LogP) is 3.99. The summed E-state index contributed by atoms with van der Waals surface area (Å²) in [7, 11) is 0. The van der Waals surface area contributed by atoms with Crippen molar-refractivity contribution in [1.82, 2.24) is 24.6 Å². The molecule has 0 radical (unpaired) electrons. The lowest BCUT2D eigenvalue weighted by molar-refractivity contribution is 0.970. The van der Waals surface area contributed by atoms with E-state index in [0.29, 0.717) is 15.9 Å². The van der Waals surface area contributed by atoms with Crippen LogP contribution in [-0.4, -0.2) is 24.6 Å². The van der Waals surface area contributed by atoms with Crippen LogP contribution in [0.25, 0.3) is 26.6 Å². The summed E-state index contributed by atoms with van der Waals surface area (Å²) in [4.78, 5) is 22.4. The van der Waals surface area contributed by atoms with Gasteiger partial charge in [0.1, 0.15) is 0 Å². The summed E-state index contributed by atoms with van der Waals surface area (Å²) in [5, 5.41) is 7.83. The molecule has 0 unspecified atom stereocenters. The van der Waals surface area contributed by atoms with Crippen LogP contribution >= 0.6 is 23.1 Å². The molecule has 0 atom stereocenters. The summed E-state index contributed by atoms with van der Waals surface area (Å²) in [6.45, 7) is 0. The molecular weight excluding hydrogens is 378 g/mol. The first-order valence-corrected chi connectivity index (χ1v) is 10.1. The van der Waals surface area contributed by atoms with Crippen LogP contribution in [0.2, 0.25) is 0 Å². The van der Waals surface area contributed by atoms with Gasteiger partial charge in [0.2, 0.25) is 5.16 Å². The lowest BCUT2D eigenvalue weighted by Crippen LogP contribution is -2.13. The Labute approximate surface area is 161 Å². The number of benzene rings is 2. The Morgan fingerprint density at radius 1 is 1.04 bits per heavy atom. The Balaban J connectivity index is 1.41. The topological polar surface area (TPSA) is 75.9 Å². The summed E-state index contributed by atoms with van der Waals surface area (Å²) in [5.74, 6) is 1.26. The van der Waals surface area contributed by atoms with Gasteiger partial charge in [0.15, 0.2) is 10.8 Å². The second-order valence-corrected chi connectivity index (χ2v) is 7.85. The van der Waals surface area contributed by atoms with Crippen LogP contribution in [0.1, 0.15) is 5.69 Å². The molecule has 2 aromatic carbocycles. The van der Waals surface area contributed by atoms with Gasteiger partial charge >= 0.3 is 0 Å². The van der Waals surface area contributed by atoms with Gasteiger partial charge < -0.3 is 0 Å². The van der Waals surface area contributed by atoms with Crippen LogP contribution in [0.15, 0.2) is 70.6 Å². The zero-order valence-corrected chi connectivity index (χ0v) is 15.6. The highest BCUT2D eigenvalue weighted by Gasteiger charge is 2.11. The fraction of sp³-hybridized carbons (Fsp3) is 0.0526. The summed E-state index contributed by atoms with van der Waals surface area (Å²) in [6.07, 6.45) is 0. The quantitative estimate of drug-likeness (QED) is 0.469. The predicted molar refractivity (Wildman–Crippen MR) is 108 cm³/mol. The number of thiazole rings is 1. The Kier molecular flexibility index (Phi) is 3.99. The minimum atomic E-state index is -0.0620. The summed E-state index contributed by atoms with van der Waals surface area (Å²) >= 11 is 2.97. The number of nitrogens with one attached hydrogen (secondary N) is 1. The molecule has 0 aliphatic carbocycles. The third-order valence-electron chi connectivity index (χ3n) is 4.11. The monoisotopic (exact) mass is 391 g/mol. The Morgan fingerprint density at radius 2 is 1.85 bits per heavy atom. The lowest BCUT2D eigenvalue weighted by atomic mass is 10.2. The van der Waals surface area contributed by atoms with Gasteiger partial charge in [-0.15, -0.1) is 5.10 Å². The van der Waals surface area contributed by atoms with Crippen molar-refractivity contribution in [2.75, 3.05) is 0 Å². The minimum absolute atomic E-state index is 0.0620. The van der Waals surface area contributed by atoms with E-state index in [4.69, 9.17) is 0 Å². The standard InChI is InChI=1S/C19H13N5OS2/c25-16-10-13(20-19-24(16)14-8-4-5-9-15(14)27-19)11-26-18-21-17(22-23-18)12-6-2-1-3-7-12/h1-10H,11H2,(H,21,22,23). The smallest absolute Gasteiger partial charge is 0.259 e. The molecule has 0 bridgehead atoms. The second kappa shape index (κ2) is 6.64. The number of thioether (sulfide) groups is 1. The number of aromatic nitrogens is 5. The normalized spacial score (nSPS) is 11.4. The summed E-state index contributed by atoms with van der Waals surface area (Å²) in [5.41, 5.74) is 2.55. The maximum absolute atomic E-state index is 12.6. The molecule has 0 fully saturated rings. The van der Waals surface area contributed by atoms with E-state index < -0.39 is 0 Å². The van der Waals surface area contributed by atoms with E-state index in [0.717, 1.165) is 27.3 Å². The van der Waals surface area contributed by atoms with E-state index in [1.54, 1.807) is 10.5 Å². The molecule has 0 spiro atoms. The highest BCUT2D eigenvalue weighted by Crippen LogP contribution is 2.25. The van der Waals surface area contributed by atoms with Crippen molar-refractivity contribution >= 4 is 38.3 Å². The van der Waals surface area contributed by atoms with E-state index in [1.807, 2.05) is 54.6 Å². The molecule has 3 aromatic heterocycles. The number of para-hydroxylation sites is 1. The fourth-order valence-electron chi connectivity index (χ4n) is 2.87. The van der Waals surface area contributed by atoms with Crippen molar-refractivity contribution in [3.63, 3.8) is 0 Å². The highest BCUT2D eigenvalue weighted by atomic mass is 32.2. The molecule has 8 heteroatoms. The number of rotatable bonds is 4. The van der Waals surface area contributed by atoms with E-state index in [-0.39, 0.29) is 5.56 Å². The average Bonchev–Trinajstić information content (AvgIpc) is 3.31. The van der Waals surface area contributed by atoms with Gasteiger partial charge in [0, 0.05) is 17.4 Å². The molecule has 0 aliphatic heterocycles. The summed E-state index contributed by atoms with van der Waals surface area (Å²) < 4.78 is 2.71.